The first kappa shape index (κ1) is 17.8. The van der Waals surface area contributed by atoms with E-state index in [0.29, 0.717) is 6.61 Å². The van der Waals surface area contributed by atoms with Crippen molar-refractivity contribution in [2.24, 2.45) is 0 Å². The molecule has 0 saturated carbocycles. The Morgan fingerprint density at radius 1 is 1.10 bits per heavy atom. The number of unbranched alkanes of at least 4 members (excludes halogenated alkanes) is 2. The van der Waals surface area contributed by atoms with Crippen molar-refractivity contribution in [3.8, 4) is 11.5 Å². The lowest BCUT2D eigenvalue weighted by Crippen LogP contribution is -2.35. The third kappa shape index (κ3) is 7.34. The fraction of sp³-hybridized carbons (Fsp3) is 0.647. The van der Waals surface area contributed by atoms with Crippen LogP contribution in [0.5, 0.6) is 11.5 Å². The van der Waals surface area contributed by atoms with Crippen LogP contribution in [0.3, 0.4) is 0 Å². The molecule has 0 aliphatic carbocycles. The zero-order valence-corrected chi connectivity index (χ0v) is 13.7. The Morgan fingerprint density at radius 3 is 2.48 bits per heavy atom. The molecule has 120 valence electrons. The third-order valence-electron chi connectivity index (χ3n) is 3.11. The van der Waals surface area contributed by atoms with Crippen LogP contribution in [-0.2, 0) is 6.54 Å². The van der Waals surface area contributed by atoms with Crippen molar-refractivity contribution in [2.75, 3.05) is 20.3 Å². The minimum absolute atomic E-state index is 0.0924. The molecule has 4 nitrogen and oxygen atoms in total. The van der Waals surface area contributed by atoms with Gasteiger partial charge in [0, 0.05) is 18.7 Å². The number of aliphatic hydroxyl groups excluding tert-OH is 1. The Kier molecular flexibility index (Phi) is 7.54. The molecular formula is C17H29NO3. The second-order valence-electron chi connectivity index (χ2n) is 6.22. The second kappa shape index (κ2) is 8.90. The van der Waals surface area contributed by atoms with E-state index in [1.165, 1.54) is 5.56 Å². The second-order valence-corrected chi connectivity index (χ2v) is 6.22. The molecule has 0 saturated heterocycles. The molecule has 1 rings (SSSR count). The van der Waals surface area contributed by atoms with Gasteiger partial charge >= 0.3 is 0 Å². The predicted octanol–water partition coefficient (Wildman–Crippen LogP) is 3.12. The lowest BCUT2D eigenvalue weighted by Gasteiger charge is -2.21. The summed E-state index contributed by atoms with van der Waals surface area (Å²) >= 11 is 0. The van der Waals surface area contributed by atoms with Crippen molar-refractivity contribution in [1.29, 1.82) is 0 Å². The summed E-state index contributed by atoms with van der Waals surface area (Å²) in [6, 6.07) is 6.04. The molecule has 21 heavy (non-hydrogen) atoms. The van der Waals surface area contributed by atoms with Crippen molar-refractivity contribution in [3.63, 3.8) is 0 Å². The fourth-order valence-corrected chi connectivity index (χ4v) is 1.88. The van der Waals surface area contributed by atoms with Gasteiger partial charge in [-0.15, -0.1) is 0 Å². The van der Waals surface area contributed by atoms with E-state index in [4.69, 9.17) is 14.6 Å². The summed E-state index contributed by atoms with van der Waals surface area (Å²) in [5.74, 6) is 1.55. The van der Waals surface area contributed by atoms with Crippen LogP contribution in [0.1, 0.15) is 45.6 Å². The van der Waals surface area contributed by atoms with Gasteiger partial charge in [0.1, 0.15) is 0 Å². The topological polar surface area (TPSA) is 50.7 Å². The molecule has 0 radical (unpaired) electrons. The summed E-state index contributed by atoms with van der Waals surface area (Å²) in [5, 5.41) is 12.2. The van der Waals surface area contributed by atoms with E-state index in [9.17, 15) is 0 Å². The number of ether oxygens (including phenoxy) is 2. The molecule has 0 aliphatic rings. The molecule has 0 spiro atoms. The van der Waals surface area contributed by atoms with Crippen LogP contribution in [0.15, 0.2) is 18.2 Å². The zero-order chi connectivity index (χ0) is 15.7. The van der Waals surface area contributed by atoms with Crippen molar-refractivity contribution in [2.45, 2.75) is 52.1 Å². The van der Waals surface area contributed by atoms with E-state index in [0.717, 1.165) is 37.3 Å². The predicted molar refractivity (Wildman–Crippen MR) is 86.0 cm³/mol. The highest BCUT2D eigenvalue weighted by Crippen LogP contribution is 2.28. The number of hydrogen-bond acceptors (Lipinski definition) is 4. The average molecular weight is 295 g/mol. The van der Waals surface area contributed by atoms with E-state index in [2.05, 4.69) is 32.2 Å². The Balaban J connectivity index is 2.53. The maximum Gasteiger partial charge on any atom is 0.161 e. The molecule has 1 aromatic carbocycles. The Bertz CT molecular complexity index is 413. The molecule has 0 aromatic heterocycles. The summed E-state index contributed by atoms with van der Waals surface area (Å²) in [7, 11) is 1.66. The van der Waals surface area contributed by atoms with Crippen LogP contribution in [0.2, 0.25) is 0 Å². The molecule has 4 heteroatoms. The Labute approximate surface area is 128 Å². The smallest absolute Gasteiger partial charge is 0.161 e. The first-order valence-electron chi connectivity index (χ1n) is 7.62. The summed E-state index contributed by atoms with van der Waals surface area (Å²) in [6.45, 7) is 8.14. The van der Waals surface area contributed by atoms with Crippen LogP contribution in [0.4, 0.5) is 0 Å². The molecular weight excluding hydrogens is 266 g/mol. The van der Waals surface area contributed by atoms with Crippen LogP contribution in [0, 0.1) is 0 Å². The zero-order valence-electron chi connectivity index (χ0n) is 13.7. The average Bonchev–Trinajstić information content (AvgIpc) is 2.44. The van der Waals surface area contributed by atoms with Gasteiger partial charge in [0.15, 0.2) is 11.5 Å². The van der Waals surface area contributed by atoms with Gasteiger partial charge in [0.2, 0.25) is 0 Å². The number of methoxy groups -OCH3 is 1. The highest BCUT2D eigenvalue weighted by molar-refractivity contribution is 5.43. The number of rotatable bonds is 9. The first-order valence-corrected chi connectivity index (χ1v) is 7.62. The van der Waals surface area contributed by atoms with Crippen LogP contribution in [-0.4, -0.2) is 31.0 Å². The van der Waals surface area contributed by atoms with Gasteiger partial charge in [0.25, 0.3) is 0 Å². The van der Waals surface area contributed by atoms with E-state index >= 15 is 0 Å². The van der Waals surface area contributed by atoms with Crippen molar-refractivity contribution >= 4 is 0 Å². The Hall–Kier alpha value is -1.26. The monoisotopic (exact) mass is 295 g/mol. The van der Waals surface area contributed by atoms with Crippen LogP contribution in [0.25, 0.3) is 0 Å². The summed E-state index contributed by atoms with van der Waals surface area (Å²) < 4.78 is 11.2. The van der Waals surface area contributed by atoms with Crippen molar-refractivity contribution in [3.05, 3.63) is 23.8 Å². The minimum Gasteiger partial charge on any atom is -0.493 e. The van der Waals surface area contributed by atoms with Gasteiger partial charge in [0.05, 0.1) is 13.7 Å². The van der Waals surface area contributed by atoms with Crippen LogP contribution >= 0.6 is 0 Å². The molecule has 0 amide bonds. The van der Waals surface area contributed by atoms with E-state index in [1.54, 1.807) is 7.11 Å². The molecule has 0 aliphatic heterocycles. The highest BCUT2D eigenvalue weighted by atomic mass is 16.5. The largest absolute Gasteiger partial charge is 0.493 e. The third-order valence-corrected chi connectivity index (χ3v) is 3.11. The van der Waals surface area contributed by atoms with Gasteiger partial charge in [-0.25, -0.2) is 0 Å². The standard InChI is InChI=1S/C17H29NO3/c1-17(2,3)18-13-14-8-9-15(16(12-14)20-4)21-11-7-5-6-10-19/h8-9,12,18-19H,5-7,10-11,13H2,1-4H3. The molecule has 0 bridgehead atoms. The number of benzene rings is 1. The van der Waals surface area contributed by atoms with Gasteiger partial charge in [-0.3, -0.25) is 0 Å². The van der Waals surface area contributed by atoms with Gasteiger partial charge < -0.3 is 19.9 Å². The molecule has 0 atom stereocenters. The first-order chi connectivity index (χ1) is 9.96. The summed E-state index contributed by atoms with van der Waals surface area (Å²) in [5.41, 5.74) is 1.27. The van der Waals surface area contributed by atoms with E-state index in [-0.39, 0.29) is 12.1 Å². The lowest BCUT2D eigenvalue weighted by atomic mass is 10.1. The van der Waals surface area contributed by atoms with E-state index in [1.807, 2.05) is 12.1 Å². The minimum atomic E-state index is 0.0924. The Morgan fingerprint density at radius 2 is 1.86 bits per heavy atom. The van der Waals surface area contributed by atoms with Crippen molar-refractivity contribution in [1.82, 2.24) is 5.32 Å². The summed E-state index contributed by atoms with van der Waals surface area (Å²) in [6.07, 6.45) is 2.75. The fourth-order valence-electron chi connectivity index (χ4n) is 1.88. The maximum atomic E-state index is 8.74. The van der Waals surface area contributed by atoms with Gasteiger partial charge in [-0.1, -0.05) is 6.07 Å². The molecule has 0 unspecified atom stereocenters. The quantitative estimate of drug-likeness (QED) is 0.687. The number of nitrogens with one attached hydrogen (secondary N) is 1. The molecule has 0 fully saturated rings. The van der Waals surface area contributed by atoms with Crippen molar-refractivity contribution < 1.29 is 14.6 Å². The molecule has 0 heterocycles. The number of hydrogen-bond donors (Lipinski definition) is 2. The van der Waals surface area contributed by atoms with E-state index < -0.39 is 0 Å². The van der Waals surface area contributed by atoms with Crippen LogP contribution < -0.4 is 14.8 Å². The summed E-state index contributed by atoms with van der Waals surface area (Å²) in [4.78, 5) is 0. The normalized spacial score (nSPS) is 11.5. The molecule has 2 N–H and O–H groups in total. The molecule has 1 aromatic rings. The maximum absolute atomic E-state index is 8.74. The SMILES string of the molecule is COc1cc(CNC(C)(C)C)ccc1OCCCCCO. The van der Waals surface area contributed by atoms with Gasteiger partial charge in [-0.2, -0.15) is 0 Å². The number of aliphatic hydroxyl groups is 1. The van der Waals surface area contributed by atoms with Gasteiger partial charge in [-0.05, 0) is 57.7 Å². The lowest BCUT2D eigenvalue weighted by molar-refractivity contribution is 0.260. The highest BCUT2D eigenvalue weighted by Gasteiger charge is 2.10.